The number of non-ortho nitro benzene ring substituents is 1. The number of rotatable bonds is 7. The van der Waals surface area contributed by atoms with Gasteiger partial charge < -0.3 is 10.4 Å². The number of hydrogen-bond donors (Lipinski definition) is 2. The molecule has 3 rings (SSSR count). The molecule has 1 aromatic carbocycles. The van der Waals surface area contributed by atoms with E-state index >= 15 is 0 Å². The summed E-state index contributed by atoms with van der Waals surface area (Å²) in [6.45, 7) is 2.01. The van der Waals surface area contributed by atoms with E-state index in [1.165, 1.54) is 12.3 Å². The van der Waals surface area contributed by atoms with Crippen LogP contribution in [0, 0.1) is 10.1 Å². The molecule has 1 atom stereocenters. The molecule has 7 nitrogen and oxygen atoms in total. The highest BCUT2D eigenvalue weighted by atomic mass is 16.6. The third-order valence-corrected chi connectivity index (χ3v) is 5.14. The molecule has 0 bridgehead atoms. The van der Waals surface area contributed by atoms with Gasteiger partial charge in [-0.15, -0.1) is 0 Å². The van der Waals surface area contributed by atoms with Crippen molar-refractivity contribution in [3.05, 3.63) is 51.7 Å². The summed E-state index contributed by atoms with van der Waals surface area (Å²) < 4.78 is 0. The fourth-order valence-electron chi connectivity index (χ4n) is 3.67. The van der Waals surface area contributed by atoms with Crippen molar-refractivity contribution >= 4 is 22.5 Å². The summed E-state index contributed by atoms with van der Waals surface area (Å²) in [7, 11) is 0. The van der Waals surface area contributed by atoms with Gasteiger partial charge in [0.2, 0.25) is 5.91 Å². The van der Waals surface area contributed by atoms with E-state index in [4.69, 9.17) is 0 Å². The van der Waals surface area contributed by atoms with Crippen molar-refractivity contribution in [1.82, 2.24) is 10.3 Å². The first-order chi connectivity index (χ1) is 13.5. The van der Waals surface area contributed by atoms with Crippen LogP contribution in [-0.4, -0.2) is 20.9 Å². The van der Waals surface area contributed by atoms with Gasteiger partial charge in [0.1, 0.15) is 11.3 Å². The summed E-state index contributed by atoms with van der Waals surface area (Å²) in [6, 6.07) is 3.95. The molecule has 1 heterocycles. The molecule has 1 unspecified atom stereocenters. The Morgan fingerprint density at radius 3 is 2.93 bits per heavy atom. The van der Waals surface area contributed by atoms with E-state index in [1.807, 2.05) is 6.92 Å². The van der Waals surface area contributed by atoms with Crippen molar-refractivity contribution in [2.24, 2.45) is 0 Å². The molecular formula is C21H25N3O4. The molecule has 0 radical (unpaired) electrons. The Morgan fingerprint density at radius 2 is 2.25 bits per heavy atom. The summed E-state index contributed by atoms with van der Waals surface area (Å²) in [5.74, 6) is -0.241. The Bertz CT molecular complexity index is 923. The number of nitrogens with one attached hydrogen (secondary N) is 1. The monoisotopic (exact) mass is 383 g/mol. The van der Waals surface area contributed by atoms with Crippen LogP contribution in [0.3, 0.4) is 0 Å². The maximum absolute atomic E-state index is 12.5. The van der Waals surface area contributed by atoms with Crippen LogP contribution in [0.15, 0.2) is 36.0 Å². The largest absolute Gasteiger partial charge is 0.505 e. The standard InChI is InChI=1S/C21H25N3O4/c1-2-3-11-18(25)23-19(14-8-5-4-6-9-14)16-13-17(24(27)28)15-10-7-12-22-20(15)21(16)26/h7-8,10,12-13,19,26H,2-6,9,11H2,1H3,(H,23,25). The SMILES string of the molecule is CCCCC(=O)NC(C1=CCCCC1)c1cc([N+](=O)[O-])c2cccnc2c1O. The van der Waals surface area contributed by atoms with E-state index in [0.717, 1.165) is 44.1 Å². The van der Waals surface area contributed by atoms with E-state index in [0.29, 0.717) is 12.0 Å². The smallest absolute Gasteiger partial charge is 0.279 e. The van der Waals surface area contributed by atoms with Crippen molar-refractivity contribution in [2.45, 2.75) is 57.9 Å². The van der Waals surface area contributed by atoms with Crippen molar-refractivity contribution < 1.29 is 14.8 Å². The van der Waals surface area contributed by atoms with Gasteiger partial charge in [-0.3, -0.25) is 19.9 Å². The van der Waals surface area contributed by atoms with Crippen molar-refractivity contribution in [3.8, 4) is 5.75 Å². The minimum absolute atomic E-state index is 0.117. The van der Waals surface area contributed by atoms with Crippen LogP contribution >= 0.6 is 0 Å². The highest BCUT2D eigenvalue weighted by molar-refractivity contribution is 5.93. The number of aromatic hydroxyl groups is 1. The Hall–Kier alpha value is -2.96. The second-order valence-corrected chi connectivity index (χ2v) is 7.12. The molecule has 2 N–H and O–H groups in total. The van der Waals surface area contributed by atoms with Gasteiger partial charge in [-0.25, -0.2) is 0 Å². The highest BCUT2D eigenvalue weighted by Gasteiger charge is 2.28. The maximum Gasteiger partial charge on any atom is 0.279 e. The molecule has 1 aliphatic carbocycles. The lowest BCUT2D eigenvalue weighted by Gasteiger charge is -2.26. The number of nitro benzene ring substituents is 1. The van der Waals surface area contributed by atoms with Gasteiger partial charge in [0.15, 0.2) is 0 Å². The Morgan fingerprint density at radius 1 is 1.43 bits per heavy atom. The van der Waals surface area contributed by atoms with Crippen LogP contribution < -0.4 is 5.32 Å². The quantitative estimate of drug-likeness (QED) is 0.410. The average Bonchev–Trinajstić information content (AvgIpc) is 2.71. The number of phenolic OH excluding ortho intramolecular Hbond substituents is 1. The predicted molar refractivity (Wildman–Crippen MR) is 107 cm³/mol. The lowest BCUT2D eigenvalue weighted by Crippen LogP contribution is -2.30. The molecule has 0 spiro atoms. The van der Waals surface area contributed by atoms with E-state index in [9.17, 15) is 20.0 Å². The molecule has 1 aromatic heterocycles. The number of allylic oxidation sites excluding steroid dienone is 1. The van der Waals surface area contributed by atoms with Gasteiger partial charge in [0.05, 0.1) is 16.4 Å². The zero-order valence-corrected chi connectivity index (χ0v) is 16.0. The number of pyridine rings is 1. The van der Waals surface area contributed by atoms with Crippen LogP contribution in [0.25, 0.3) is 10.9 Å². The van der Waals surface area contributed by atoms with Crippen molar-refractivity contribution in [3.63, 3.8) is 0 Å². The number of amides is 1. The average molecular weight is 383 g/mol. The topological polar surface area (TPSA) is 105 Å². The second-order valence-electron chi connectivity index (χ2n) is 7.12. The van der Waals surface area contributed by atoms with Crippen LogP contribution in [0.5, 0.6) is 5.75 Å². The summed E-state index contributed by atoms with van der Waals surface area (Å²) in [6.07, 6.45) is 9.35. The zero-order chi connectivity index (χ0) is 20.1. The number of benzene rings is 1. The number of aromatic nitrogens is 1. The molecule has 0 saturated carbocycles. The van der Waals surface area contributed by atoms with Crippen LogP contribution in [0.4, 0.5) is 5.69 Å². The van der Waals surface area contributed by atoms with Gasteiger partial charge in [-0.2, -0.15) is 0 Å². The fourth-order valence-corrected chi connectivity index (χ4v) is 3.67. The first-order valence-electron chi connectivity index (χ1n) is 9.76. The Balaban J connectivity index is 2.12. The van der Waals surface area contributed by atoms with Crippen LogP contribution in [0.2, 0.25) is 0 Å². The van der Waals surface area contributed by atoms with E-state index in [1.54, 1.807) is 12.1 Å². The lowest BCUT2D eigenvalue weighted by molar-refractivity contribution is -0.383. The van der Waals surface area contributed by atoms with E-state index in [-0.39, 0.29) is 28.2 Å². The third-order valence-electron chi connectivity index (χ3n) is 5.14. The molecule has 0 saturated heterocycles. The minimum Gasteiger partial charge on any atom is -0.505 e. The summed E-state index contributed by atoms with van der Waals surface area (Å²) in [5, 5.41) is 25.8. The second kappa shape index (κ2) is 8.82. The highest BCUT2D eigenvalue weighted by Crippen LogP contribution is 2.41. The van der Waals surface area contributed by atoms with Gasteiger partial charge >= 0.3 is 0 Å². The number of nitro groups is 1. The first-order valence-corrected chi connectivity index (χ1v) is 9.76. The Kier molecular flexibility index (Phi) is 6.23. The number of unbranched alkanes of at least 4 members (excludes halogenated alkanes) is 1. The van der Waals surface area contributed by atoms with Gasteiger partial charge in [0.25, 0.3) is 5.69 Å². The van der Waals surface area contributed by atoms with Gasteiger partial charge in [-0.05, 0) is 49.8 Å². The maximum atomic E-state index is 12.5. The van der Waals surface area contributed by atoms with Gasteiger partial charge in [0, 0.05) is 24.2 Å². The first kappa shape index (κ1) is 19.8. The van der Waals surface area contributed by atoms with E-state index < -0.39 is 11.0 Å². The lowest BCUT2D eigenvalue weighted by atomic mass is 9.88. The number of nitrogens with zero attached hydrogens (tertiary/aromatic N) is 2. The molecule has 7 heteroatoms. The normalized spacial score (nSPS) is 15.1. The molecule has 2 aromatic rings. The summed E-state index contributed by atoms with van der Waals surface area (Å²) in [4.78, 5) is 27.8. The minimum atomic E-state index is -0.588. The molecule has 1 amide bonds. The van der Waals surface area contributed by atoms with Crippen molar-refractivity contribution in [1.29, 1.82) is 0 Å². The predicted octanol–water partition coefficient (Wildman–Crippen LogP) is 4.70. The van der Waals surface area contributed by atoms with Crippen LogP contribution in [-0.2, 0) is 4.79 Å². The number of carbonyl (C=O) groups excluding carboxylic acids is 1. The van der Waals surface area contributed by atoms with E-state index in [2.05, 4.69) is 16.4 Å². The Labute approximate surface area is 163 Å². The number of fused-ring (bicyclic) bond motifs is 1. The molecule has 1 aliphatic rings. The number of phenols is 1. The number of carbonyl (C=O) groups is 1. The summed E-state index contributed by atoms with van der Waals surface area (Å²) in [5.41, 5.74) is 1.36. The van der Waals surface area contributed by atoms with Crippen molar-refractivity contribution in [2.75, 3.05) is 0 Å². The third kappa shape index (κ3) is 4.13. The fraction of sp³-hybridized carbons (Fsp3) is 0.429. The molecule has 148 valence electrons. The molecule has 28 heavy (non-hydrogen) atoms. The summed E-state index contributed by atoms with van der Waals surface area (Å²) >= 11 is 0. The molecule has 0 fully saturated rings. The van der Waals surface area contributed by atoms with Crippen LogP contribution in [0.1, 0.15) is 63.5 Å². The zero-order valence-electron chi connectivity index (χ0n) is 16.0. The molecule has 0 aliphatic heterocycles. The molecular weight excluding hydrogens is 358 g/mol. The number of hydrogen-bond acceptors (Lipinski definition) is 5. The van der Waals surface area contributed by atoms with Gasteiger partial charge in [-0.1, -0.05) is 19.4 Å².